The molecule has 4 rings (SSSR count). The lowest BCUT2D eigenvalue weighted by atomic mass is 9.83. The van der Waals surface area contributed by atoms with Crippen LogP contribution in [-0.2, 0) is 4.74 Å². The Morgan fingerprint density at radius 2 is 1.52 bits per heavy atom. The molecule has 0 saturated carbocycles. The maximum atomic E-state index is 13.3. The standard InChI is InChI=1S/C28H23NO2/c1-2-23(27(30)21-14-8-4-9-15-21)26-18-24(20-12-6-3-7-13-20)25(19-29)28(31-26)22-16-10-5-11-17-22/h3-17,24H,2,18H2,1H3/b26-23+/t24-/m1/s1. The fourth-order valence-electron chi connectivity index (χ4n) is 4.00. The van der Waals surface area contributed by atoms with E-state index in [4.69, 9.17) is 4.74 Å². The van der Waals surface area contributed by atoms with Crippen LogP contribution in [0.4, 0.5) is 0 Å². The van der Waals surface area contributed by atoms with Gasteiger partial charge >= 0.3 is 0 Å². The van der Waals surface area contributed by atoms with Crippen LogP contribution in [0.2, 0.25) is 0 Å². The average Bonchev–Trinajstić information content (AvgIpc) is 2.85. The molecule has 3 heteroatoms. The van der Waals surface area contributed by atoms with Gasteiger partial charge < -0.3 is 4.74 Å². The molecule has 3 aromatic rings. The van der Waals surface area contributed by atoms with Gasteiger partial charge in [0.25, 0.3) is 0 Å². The molecule has 1 heterocycles. The van der Waals surface area contributed by atoms with Crippen LogP contribution in [0.3, 0.4) is 0 Å². The molecule has 0 saturated heterocycles. The van der Waals surface area contributed by atoms with Gasteiger partial charge in [0.05, 0.1) is 11.6 Å². The number of nitrogens with zero attached hydrogens (tertiary/aromatic N) is 1. The van der Waals surface area contributed by atoms with E-state index < -0.39 is 0 Å². The van der Waals surface area contributed by atoms with E-state index in [0.29, 0.717) is 41.1 Å². The molecule has 0 aromatic heterocycles. The second kappa shape index (κ2) is 9.28. The third-order valence-corrected chi connectivity index (χ3v) is 5.57. The molecule has 1 atom stereocenters. The molecule has 0 aliphatic carbocycles. The van der Waals surface area contributed by atoms with E-state index in [0.717, 1.165) is 11.1 Å². The summed E-state index contributed by atoms with van der Waals surface area (Å²) in [5.74, 6) is 0.973. The minimum Gasteiger partial charge on any atom is -0.460 e. The monoisotopic (exact) mass is 405 g/mol. The number of hydrogen-bond donors (Lipinski definition) is 0. The maximum Gasteiger partial charge on any atom is 0.192 e. The van der Waals surface area contributed by atoms with Crippen molar-refractivity contribution >= 4 is 11.5 Å². The van der Waals surface area contributed by atoms with Crippen LogP contribution in [0.15, 0.2) is 108 Å². The fraction of sp³-hybridized carbons (Fsp3) is 0.143. The van der Waals surface area contributed by atoms with Crippen LogP contribution in [0, 0.1) is 11.3 Å². The zero-order chi connectivity index (χ0) is 21.6. The van der Waals surface area contributed by atoms with Crippen molar-refractivity contribution in [2.24, 2.45) is 0 Å². The molecule has 152 valence electrons. The molecule has 3 nitrogen and oxygen atoms in total. The molecule has 0 bridgehead atoms. The molecule has 0 unspecified atom stereocenters. The summed E-state index contributed by atoms with van der Waals surface area (Å²) in [4.78, 5) is 13.3. The molecule has 31 heavy (non-hydrogen) atoms. The Morgan fingerprint density at radius 3 is 2.10 bits per heavy atom. The van der Waals surface area contributed by atoms with Gasteiger partial charge in [-0.25, -0.2) is 0 Å². The first-order valence-corrected chi connectivity index (χ1v) is 10.5. The Morgan fingerprint density at radius 1 is 0.935 bits per heavy atom. The summed E-state index contributed by atoms with van der Waals surface area (Å²) in [6.45, 7) is 1.97. The Bertz CT molecular complexity index is 1170. The third-order valence-electron chi connectivity index (χ3n) is 5.57. The Labute approximate surface area is 182 Å². The molecule has 0 N–H and O–H groups in total. The number of hydrogen-bond acceptors (Lipinski definition) is 3. The Hall–Kier alpha value is -3.90. The highest BCUT2D eigenvalue weighted by atomic mass is 16.5. The summed E-state index contributed by atoms with van der Waals surface area (Å²) in [5, 5.41) is 10.1. The third kappa shape index (κ3) is 4.20. The van der Waals surface area contributed by atoms with Gasteiger partial charge in [-0.05, 0) is 12.0 Å². The van der Waals surface area contributed by atoms with E-state index in [2.05, 4.69) is 6.07 Å². The van der Waals surface area contributed by atoms with Crippen LogP contribution >= 0.6 is 0 Å². The van der Waals surface area contributed by atoms with E-state index >= 15 is 0 Å². The van der Waals surface area contributed by atoms with Crippen LogP contribution in [0.1, 0.15) is 47.2 Å². The molecular formula is C28H23NO2. The maximum absolute atomic E-state index is 13.3. The lowest BCUT2D eigenvalue weighted by Gasteiger charge is -2.29. The smallest absolute Gasteiger partial charge is 0.192 e. The second-order valence-electron chi connectivity index (χ2n) is 7.44. The van der Waals surface area contributed by atoms with Crippen molar-refractivity contribution in [1.82, 2.24) is 0 Å². The first-order valence-electron chi connectivity index (χ1n) is 10.5. The van der Waals surface area contributed by atoms with Gasteiger partial charge in [0, 0.05) is 29.0 Å². The van der Waals surface area contributed by atoms with Gasteiger partial charge in [0.2, 0.25) is 0 Å². The number of rotatable bonds is 5. The summed E-state index contributed by atoms with van der Waals surface area (Å²) in [6.07, 6.45) is 1.03. The molecule has 0 fully saturated rings. The van der Waals surface area contributed by atoms with E-state index in [1.165, 1.54) is 0 Å². The largest absolute Gasteiger partial charge is 0.460 e. The highest BCUT2D eigenvalue weighted by Crippen LogP contribution is 2.43. The normalized spacial score (nSPS) is 17.5. The first kappa shape index (κ1) is 20.4. The van der Waals surface area contributed by atoms with E-state index in [1.54, 1.807) is 0 Å². The van der Waals surface area contributed by atoms with Crippen LogP contribution in [-0.4, -0.2) is 5.78 Å². The molecule has 0 radical (unpaired) electrons. The minimum atomic E-state index is -0.171. The minimum absolute atomic E-state index is 0.0299. The highest BCUT2D eigenvalue weighted by Gasteiger charge is 2.32. The summed E-state index contributed by atoms with van der Waals surface area (Å²) in [5.41, 5.74) is 3.75. The van der Waals surface area contributed by atoms with Gasteiger partial charge in [0.15, 0.2) is 5.78 Å². The number of Topliss-reactive ketones (excluding diaryl/α,β-unsaturated/α-hetero) is 1. The average molecular weight is 405 g/mol. The number of benzene rings is 3. The molecule has 0 amide bonds. The molecule has 1 aliphatic rings. The topological polar surface area (TPSA) is 50.1 Å². The van der Waals surface area contributed by atoms with Crippen molar-refractivity contribution in [2.45, 2.75) is 25.7 Å². The van der Waals surface area contributed by atoms with Crippen molar-refractivity contribution in [3.63, 3.8) is 0 Å². The molecule has 1 aliphatic heterocycles. The predicted octanol–water partition coefficient (Wildman–Crippen LogP) is 6.67. The summed E-state index contributed by atoms with van der Waals surface area (Å²) < 4.78 is 6.34. The number of carbonyl (C=O) groups is 1. The van der Waals surface area contributed by atoms with Crippen LogP contribution in [0.25, 0.3) is 5.76 Å². The zero-order valence-electron chi connectivity index (χ0n) is 17.4. The van der Waals surface area contributed by atoms with Crippen molar-refractivity contribution in [2.75, 3.05) is 0 Å². The highest BCUT2D eigenvalue weighted by molar-refractivity contribution is 6.09. The summed E-state index contributed by atoms with van der Waals surface area (Å²) in [6, 6.07) is 31.3. The molecular weight excluding hydrogens is 382 g/mol. The van der Waals surface area contributed by atoms with Crippen molar-refractivity contribution in [1.29, 1.82) is 5.26 Å². The summed E-state index contributed by atoms with van der Waals surface area (Å²) >= 11 is 0. The number of ether oxygens (including phenoxy) is 1. The van der Waals surface area contributed by atoms with Crippen LogP contribution < -0.4 is 0 Å². The quantitative estimate of drug-likeness (QED) is 0.352. The van der Waals surface area contributed by atoms with Crippen LogP contribution in [0.5, 0.6) is 0 Å². The lowest BCUT2D eigenvalue weighted by Crippen LogP contribution is -2.17. The van der Waals surface area contributed by atoms with Gasteiger partial charge in [0.1, 0.15) is 11.5 Å². The fourth-order valence-corrected chi connectivity index (χ4v) is 4.00. The number of carbonyl (C=O) groups excluding carboxylic acids is 1. The van der Waals surface area contributed by atoms with E-state index in [1.807, 2.05) is 97.9 Å². The number of allylic oxidation sites excluding steroid dienone is 3. The van der Waals surface area contributed by atoms with Crippen molar-refractivity contribution in [3.05, 3.63) is 125 Å². The van der Waals surface area contributed by atoms with E-state index in [9.17, 15) is 10.1 Å². The SMILES string of the molecule is CC/C(C(=O)c1ccccc1)=C1/C[C@H](c2ccccc2)C(C#N)=C(c2ccccc2)O1. The van der Waals surface area contributed by atoms with E-state index in [-0.39, 0.29) is 11.7 Å². The summed E-state index contributed by atoms with van der Waals surface area (Å²) in [7, 11) is 0. The van der Waals surface area contributed by atoms with Gasteiger partial charge in [-0.1, -0.05) is 97.9 Å². The number of nitriles is 1. The van der Waals surface area contributed by atoms with Gasteiger partial charge in [-0.15, -0.1) is 0 Å². The predicted molar refractivity (Wildman–Crippen MR) is 122 cm³/mol. The lowest BCUT2D eigenvalue weighted by molar-refractivity contribution is 0.102. The van der Waals surface area contributed by atoms with Crippen molar-refractivity contribution in [3.8, 4) is 6.07 Å². The zero-order valence-corrected chi connectivity index (χ0v) is 17.4. The Kier molecular flexibility index (Phi) is 6.10. The number of ketones is 1. The second-order valence-corrected chi connectivity index (χ2v) is 7.44. The first-order chi connectivity index (χ1) is 15.2. The van der Waals surface area contributed by atoms with Crippen molar-refractivity contribution < 1.29 is 9.53 Å². The van der Waals surface area contributed by atoms with Gasteiger partial charge in [-0.2, -0.15) is 5.26 Å². The van der Waals surface area contributed by atoms with Gasteiger partial charge in [-0.3, -0.25) is 4.79 Å². The molecule has 3 aromatic carbocycles. The molecule has 0 spiro atoms. The Balaban J connectivity index is 1.88.